The number of hydrogen-bond donors (Lipinski definition) is 1. The van der Waals surface area contributed by atoms with Crippen molar-refractivity contribution in [2.75, 3.05) is 7.05 Å². The van der Waals surface area contributed by atoms with Gasteiger partial charge in [0.05, 0.1) is 0 Å². The number of hydrogen-bond acceptors (Lipinski definition) is 2. The molecule has 1 heterocycles. The highest BCUT2D eigenvalue weighted by Crippen LogP contribution is 2.40. The quantitative estimate of drug-likeness (QED) is 0.878. The second-order valence-electron chi connectivity index (χ2n) is 6.01. The zero-order valence-electron chi connectivity index (χ0n) is 12.9. The smallest absolute Gasteiger partial charge is 0.0423 e. The predicted molar refractivity (Wildman–Crippen MR) is 81.3 cm³/mol. The third-order valence-electron chi connectivity index (χ3n) is 4.83. The van der Waals surface area contributed by atoms with Crippen LogP contribution in [0.1, 0.15) is 62.0 Å². The minimum atomic E-state index is 0.471. The largest absolute Gasteiger partial charge is 0.313 e. The van der Waals surface area contributed by atoms with Crippen LogP contribution < -0.4 is 5.32 Å². The Balaban J connectivity index is 2.27. The van der Waals surface area contributed by atoms with Crippen LogP contribution in [0.3, 0.4) is 0 Å². The van der Waals surface area contributed by atoms with Crippen LogP contribution in [0.15, 0.2) is 12.1 Å². The van der Waals surface area contributed by atoms with Gasteiger partial charge in [-0.3, -0.25) is 4.98 Å². The molecule has 1 N–H and O–H groups in total. The zero-order chi connectivity index (χ0) is 13.8. The highest BCUT2D eigenvalue weighted by atomic mass is 14.9. The maximum absolute atomic E-state index is 4.65. The van der Waals surface area contributed by atoms with E-state index in [0.29, 0.717) is 6.04 Å². The average molecular weight is 260 g/mol. The average Bonchev–Trinajstić information content (AvgIpc) is 2.42. The summed E-state index contributed by atoms with van der Waals surface area (Å²) in [4.78, 5) is 4.65. The summed E-state index contributed by atoms with van der Waals surface area (Å²) < 4.78 is 0. The van der Waals surface area contributed by atoms with Crippen molar-refractivity contribution in [1.29, 1.82) is 0 Å². The molecule has 0 spiro atoms. The van der Waals surface area contributed by atoms with Crippen molar-refractivity contribution >= 4 is 0 Å². The van der Waals surface area contributed by atoms with Crippen molar-refractivity contribution in [2.45, 2.75) is 58.9 Å². The highest BCUT2D eigenvalue weighted by Gasteiger charge is 2.31. The standard InChI is InChI=1S/C17H28N2/c1-5-14-8-6-7-9-16(14)17(18-4)15-11-10-12(2)19-13(15)3/h10-11,14,16-18H,5-9H2,1-4H3. The van der Waals surface area contributed by atoms with Gasteiger partial charge < -0.3 is 5.32 Å². The lowest BCUT2D eigenvalue weighted by atomic mass is 9.72. The number of aryl methyl sites for hydroxylation is 2. The first kappa shape index (κ1) is 14.5. The molecule has 1 fully saturated rings. The van der Waals surface area contributed by atoms with Gasteiger partial charge in [0, 0.05) is 17.4 Å². The Morgan fingerprint density at radius 1 is 1.26 bits per heavy atom. The van der Waals surface area contributed by atoms with Gasteiger partial charge in [0.15, 0.2) is 0 Å². The normalized spacial score (nSPS) is 25.3. The van der Waals surface area contributed by atoms with Crippen LogP contribution in [0, 0.1) is 25.7 Å². The minimum Gasteiger partial charge on any atom is -0.313 e. The van der Waals surface area contributed by atoms with Crippen LogP contribution in [-0.4, -0.2) is 12.0 Å². The van der Waals surface area contributed by atoms with E-state index in [0.717, 1.165) is 17.5 Å². The van der Waals surface area contributed by atoms with Crippen molar-refractivity contribution in [2.24, 2.45) is 11.8 Å². The second-order valence-corrected chi connectivity index (χ2v) is 6.01. The van der Waals surface area contributed by atoms with Crippen LogP contribution in [0.25, 0.3) is 0 Å². The van der Waals surface area contributed by atoms with E-state index in [9.17, 15) is 0 Å². The molecule has 2 heteroatoms. The predicted octanol–water partition coefficient (Wildman–Crippen LogP) is 4.18. The molecule has 2 rings (SSSR count). The third kappa shape index (κ3) is 3.17. The van der Waals surface area contributed by atoms with E-state index < -0.39 is 0 Å². The lowest BCUT2D eigenvalue weighted by Crippen LogP contribution is -2.33. The maximum atomic E-state index is 4.65. The molecule has 1 saturated carbocycles. The Morgan fingerprint density at radius 3 is 2.63 bits per heavy atom. The Kier molecular flexibility index (Phi) is 4.98. The third-order valence-corrected chi connectivity index (χ3v) is 4.83. The van der Waals surface area contributed by atoms with Gasteiger partial charge in [-0.15, -0.1) is 0 Å². The summed E-state index contributed by atoms with van der Waals surface area (Å²) >= 11 is 0. The summed E-state index contributed by atoms with van der Waals surface area (Å²) in [5.41, 5.74) is 3.71. The molecule has 0 aromatic carbocycles. The van der Waals surface area contributed by atoms with Gasteiger partial charge in [0.2, 0.25) is 0 Å². The van der Waals surface area contributed by atoms with E-state index in [4.69, 9.17) is 0 Å². The summed E-state index contributed by atoms with van der Waals surface area (Å²) in [6, 6.07) is 4.90. The molecule has 1 aromatic heterocycles. The fourth-order valence-corrected chi connectivity index (χ4v) is 3.81. The Morgan fingerprint density at radius 2 is 2.00 bits per heavy atom. The molecule has 1 aromatic rings. The lowest BCUT2D eigenvalue weighted by molar-refractivity contribution is 0.180. The topological polar surface area (TPSA) is 24.9 Å². The van der Waals surface area contributed by atoms with Crippen molar-refractivity contribution < 1.29 is 0 Å². The number of nitrogens with one attached hydrogen (secondary N) is 1. The Bertz CT molecular complexity index is 414. The van der Waals surface area contributed by atoms with Gasteiger partial charge in [-0.25, -0.2) is 0 Å². The van der Waals surface area contributed by atoms with E-state index in [1.54, 1.807) is 0 Å². The molecule has 3 unspecified atom stereocenters. The molecular weight excluding hydrogens is 232 g/mol. The molecule has 0 aliphatic heterocycles. The number of rotatable bonds is 4. The van der Waals surface area contributed by atoms with Crippen LogP contribution in [-0.2, 0) is 0 Å². The SMILES string of the molecule is CCC1CCCCC1C(NC)c1ccc(C)nc1C. The minimum absolute atomic E-state index is 0.471. The molecule has 0 bridgehead atoms. The van der Waals surface area contributed by atoms with E-state index in [1.165, 1.54) is 43.4 Å². The highest BCUT2D eigenvalue weighted by molar-refractivity contribution is 5.26. The fraction of sp³-hybridized carbons (Fsp3) is 0.706. The molecule has 2 nitrogen and oxygen atoms in total. The first-order valence-corrected chi connectivity index (χ1v) is 7.78. The molecule has 19 heavy (non-hydrogen) atoms. The molecular formula is C17H28N2. The second kappa shape index (κ2) is 6.51. The summed E-state index contributed by atoms with van der Waals surface area (Å²) in [6.07, 6.45) is 6.87. The van der Waals surface area contributed by atoms with Gasteiger partial charge in [0.1, 0.15) is 0 Å². The number of pyridine rings is 1. The van der Waals surface area contributed by atoms with Crippen LogP contribution in [0.5, 0.6) is 0 Å². The van der Waals surface area contributed by atoms with Gasteiger partial charge in [-0.05, 0) is 50.8 Å². The summed E-state index contributed by atoms with van der Waals surface area (Å²) in [7, 11) is 2.10. The van der Waals surface area contributed by atoms with Crippen molar-refractivity contribution in [3.05, 3.63) is 29.1 Å². The van der Waals surface area contributed by atoms with Crippen LogP contribution >= 0.6 is 0 Å². The molecule has 0 saturated heterocycles. The van der Waals surface area contributed by atoms with Gasteiger partial charge in [-0.2, -0.15) is 0 Å². The first-order chi connectivity index (χ1) is 9.17. The van der Waals surface area contributed by atoms with Crippen molar-refractivity contribution in [3.8, 4) is 0 Å². The molecule has 1 aliphatic carbocycles. The van der Waals surface area contributed by atoms with Crippen LogP contribution in [0.2, 0.25) is 0 Å². The van der Waals surface area contributed by atoms with Crippen molar-refractivity contribution in [3.63, 3.8) is 0 Å². The summed E-state index contributed by atoms with van der Waals surface area (Å²) in [6.45, 7) is 6.56. The van der Waals surface area contributed by atoms with E-state index in [-0.39, 0.29) is 0 Å². The molecule has 106 valence electrons. The van der Waals surface area contributed by atoms with Gasteiger partial charge >= 0.3 is 0 Å². The van der Waals surface area contributed by atoms with Crippen molar-refractivity contribution in [1.82, 2.24) is 10.3 Å². The number of nitrogens with zero attached hydrogens (tertiary/aromatic N) is 1. The lowest BCUT2D eigenvalue weighted by Gasteiger charge is -2.37. The fourth-order valence-electron chi connectivity index (χ4n) is 3.81. The Hall–Kier alpha value is -0.890. The van der Waals surface area contributed by atoms with E-state index in [2.05, 4.69) is 50.3 Å². The monoisotopic (exact) mass is 260 g/mol. The zero-order valence-corrected chi connectivity index (χ0v) is 12.9. The van der Waals surface area contributed by atoms with Crippen LogP contribution in [0.4, 0.5) is 0 Å². The molecule has 3 atom stereocenters. The summed E-state index contributed by atoms with van der Waals surface area (Å²) in [5, 5.41) is 3.57. The van der Waals surface area contributed by atoms with E-state index >= 15 is 0 Å². The number of aromatic nitrogens is 1. The van der Waals surface area contributed by atoms with Gasteiger partial charge in [-0.1, -0.05) is 38.7 Å². The molecule has 1 aliphatic rings. The molecule has 0 radical (unpaired) electrons. The van der Waals surface area contributed by atoms with Gasteiger partial charge in [0.25, 0.3) is 0 Å². The first-order valence-electron chi connectivity index (χ1n) is 7.78. The molecule has 0 amide bonds. The van der Waals surface area contributed by atoms with E-state index in [1.807, 2.05) is 0 Å². The summed E-state index contributed by atoms with van der Waals surface area (Å²) in [5.74, 6) is 1.64. The Labute approximate surface area is 118 Å². The maximum Gasteiger partial charge on any atom is 0.0423 e.